The Labute approximate surface area is 120 Å². The SMILES string of the molecule is Cc1cc(C(=O)NCC2CC2(C)C)ccc1C#CCO. The van der Waals surface area contributed by atoms with Crippen LogP contribution in [-0.4, -0.2) is 24.2 Å². The van der Waals surface area contributed by atoms with Crippen molar-refractivity contribution in [1.82, 2.24) is 5.32 Å². The first-order valence-corrected chi connectivity index (χ1v) is 6.92. The van der Waals surface area contributed by atoms with Gasteiger partial charge >= 0.3 is 0 Å². The zero-order valence-corrected chi connectivity index (χ0v) is 12.3. The number of nitrogens with one attached hydrogen (secondary N) is 1. The molecule has 2 N–H and O–H groups in total. The van der Waals surface area contributed by atoms with Gasteiger partial charge in [-0.3, -0.25) is 4.79 Å². The lowest BCUT2D eigenvalue weighted by molar-refractivity contribution is 0.0950. The third-order valence-electron chi connectivity index (χ3n) is 4.02. The van der Waals surface area contributed by atoms with E-state index in [-0.39, 0.29) is 12.5 Å². The highest BCUT2D eigenvalue weighted by Gasteiger charge is 2.45. The fourth-order valence-electron chi connectivity index (χ4n) is 2.32. The lowest BCUT2D eigenvalue weighted by Crippen LogP contribution is -2.26. The van der Waals surface area contributed by atoms with Crippen molar-refractivity contribution < 1.29 is 9.90 Å². The van der Waals surface area contributed by atoms with E-state index in [9.17, 15) is 4.79 Å². The van der Waals surface area contributed by atoms with Crippen molar-refractivity contribution >= 4 is 5.91 Å². The first-order chi connectivity index (χ1) is 9.44. The first kappa shape index (κ1) is 14.6. The van der Waals surface area contributed by atoms with Crippen LogP contribution in [-0.2, 0) is 0 Å². The number of hydrogen-bond donors (Lipinski definition) is 2. The Balaban J connectivity index is 1.98. The molecule has 1 aliphatic carbocycles. The van der Waals surface area contributed by atoms with Gasteiger partial charge in [0.05, 0.1) is 0 Å². The van der Waals surface area contributed by atoms with Crippen LogP contribution in [0.4, 0.5) is 0 Å². The number of hydrogen-bond acceptors (Lipinski definition) is 2. The van der Waals surface area contributed by atoms with E-state index in [1.165, 1.54) is 6.42 Å². The van der Waals surface area contributed by atoms with Gasteiger partial charge in [0.15, 0.2) is 0 Å². The molecule has 2 rings (SSSR count). The normalized spacial score (nSPS) is 18.9. The second kappa shape index (κ2) is 5.68. The van der Waals surface area contributed by atoms with Gasteiger partial charge in [0.1, 0.15) is 6.61 Å². The van der Waals surface area contributed by atoms with Crippen molar-refractivity contribution in [2.75, 3.05) is 13.2 Å². The standard InChI is InChI=1S/C17H21NO2/c1-12-9-14(7-6-13(12)5-4-8-19)16(20)18-11-15-10-17(15,2)3/h6-7,9,15,19H,8,10-11H2,1-3H3,(H,18,20). The van der Waals surface area contributed by atoms with Crippen molar-refractivity contribution in [3.8, 4) is 11.8 Å². The van der Waals surface area contributed by atoms with Crippen LogP contribution in [0.2, 0.25) is 0 Å². The van der Waals surface area contributed by atoms with Gasteiger partial charge in [0.2, 0.25) is 0 Å². The Hall–Kier alpha value is -1.79. The molecule has 0 heterocycles. The molecule has 3 nitrogen and oxygen atoms in total. The molecule has 0 aliphatic heterocycles. The number of aliphatic hydroxyl groups is 1. The largest absolute Gasteiger partial charge is 0.384 e. The molecule has 1 amide bonds. The molecule has 1 atom stereocenters. The number of aliphatic hydroxyl groups excluding tert-OH is 1. The van der Waals surface area contributed by atoms with Crippen molar-refractivity contribution in [3.05, 3.63) is 34.9 Å². The highest BCUT2D eigenvalue weighted by Crippen LogP contribution is 2.50. The summed E-state index contributed by atoms with van der Waals surface area (Å²) in [6, 6.07) is 5.45. The van der Waals surface area contributed by atoms with E-state index in [1.54, 1.807) is 6.07 Å². The molecular formula is C17H21NO2. The second-order valence-electron chi connectivity index (χ2n) is 6.09. The average molecular weight is 271 g/mol. The maximum atomic E-state index is 12.1. The van der Waals surface area contributed by atoms with Gasteiger partial charge in [-0.1, -0.05) is 25.7 Å². The molecule has 1 saturated carbocycles. The first-order valence-electron chi connectivity index (χ1n) is 6.92. The van der Waals surface area contributed by atoms with Gasteiger partial charge in [-0.15, -0.1) is 0 Å². The average Bonchev–Trinajstić information content (AvgIpc) is 3.02. The summed E-state index contributed by atoms with van der Waals surface area (Å²) < 4.78 is 0. The Bertz CT molecular complexity index is 578. The van der Waals surface area contributed by atoms with Crippen LogP contribution in [0.3, 0.4) is 0 Å². The lowest BCUT2D eigenvalue weighted by atomic mass is 10.0. The number of benzene rings is 1. The van der Waals surface area contributed by atoms with Crippen molar-refractivity contribution in [3.63, 3.8) is 0 Å². The summed E-state index contributed by atoms with van der Waals surface area (Å²) >= 11 is 0. The summed E-state index contributed by atoms with van der Waals surface area (Å²) in [7, 11) is 0. The highest BCUT2D eigenvalue weighted by atomic mass is 16.2. The molecule has 0 spiro atoms. The molecule has 1 unspecified atom stereocenters. The fourth-order valence-corrected chi connectivity index (χ4v) is 2.32. The van der Waals surface area contributed by atoms with Crippen molar-refractivity contribution in [2.45, 2.75) is 27.2 Å². The van der Waals surface area contributed by atoms with Crippen LogP contribution in [0, 0.1) is 30.1 Å². The molecular weight excluding hydrogens is 250 g/mol. The number of aryl methyl sites for hydroxylation is 1. The Kier molecular flexibility index (Phi) is 4.15. The molecule has 0 bridgehead atoms. The third kappa shape index (κ3) is 3.40. The minimum Gasteiger partial charge on any atom is -0.384 e. The molecule has 1 fully saturated rings. The molecule has 3 heteroatoms. The number of carbonyl (C=O) groups excluding carboxylic acids is 1. The predicted octanol–water partition coefficient (Wildman–Crippen LogP) is 2.11. The molecule has 1 aromatic carbocycles. The van der Waals surface area contributed by atoms with Gasteiger partial charge in [-0.05, 0) is 48.4 Å². The zero-order valence-electron chi connectivity index (χ0n) is 12.3. The van der Waals surface area contributed by atoms with Crippen LogP contribution in [0.1, 0.15) is 41.8 Å². The van der Waals surface area contributed by atoms with Crippen LogP contribution < -0.4 is 5.32 Å². The van der Waals surface area contributed by atoms with E-state index in [4.69, 9.17) is 5.11 Å². The van der Waals surface area contributed by atoms with E-state index in [2.05, 4.69) is 31.0 Å². The van der Waals surface area contributed by atoms with Crippen molar-refractivity contribution in [2.24, 2.45) is 11.3 Å². The maximum absolute atomic E-state index is 12.1. The summed E-state index contributed by atoms with van der Waals surface area (Å²) in [5, 5.41) is 11.7. The van der Waals surface area contributed by atoms with Gasteiger partial charge in [-0.25, -0.2) is 0 Å². The monoisotopic (exact) mass is 271 g/mol. The highest BCUT2D eigenvalue weighted by molar-refractivity contribution is 5.94. The van der Waals surface area contributed by atoms with Gasteiger partial charge in [0, 0.05) is 17.7 Å². The second-order valence-corrected chi connectivity index (χ2v) is 6.09. The summed E-state index contributed by atoms with van der Waals surface area (Å²) in [4.78, 5) is 12.1. The van der Waals surface area contributed by atoms with E-state index < -0.39 is 0 Å². The number of amides is 1. The van der Waals surface area contributed by atoms with Crippen LogP contribution in [0.5, 0.6) is 0 Å². The molecule has 1 aromatic rings. The van der Waals surface area contributed by atoms with Crippen LogP contribution >= 0.6 is 0 Å². The quantitative estimate of drug-likeness (QED) is 0.827. The Morgan fingerprint density at radius 3 is 2.75 bits per heavy atom. The van der Waals surface area contributed by atoms with E-state index >= 15 is 0 Å². The van der Waals surface area contributed by atoms with E-state index in [0.717, 1.165) is 17.7 Å². The smallest absolute Gasteiger partial charge is 0.251 e. The topological polar surface area (TPSA) is 49.3 Å². The zero-order chi connectivity index (χ0) is 14.8. The van der Waals surface area contributed by atoms with Crippen LogP contribution in [0.25, 0.3) is 0 Å². The van der Waals surface area contributed by atoms with E-state index in [0.29, 0.717) is 16.9 Å². The van der Waals surface area contributed by atoms with Crippen LogP contribution in [0.15, 0.2) is 18.2 Å². The van der Waals surface area contributed by atoms with E-state index in [1.807, 2.05) is 19.1 Å². The fraction of sp³-hybridized carbons (Fsp3) is 0.471. The summed E-state index contributed by atoms with van der Waals surface area (Å²) in [5.74, 6) is 6.05. The summed E-state index contributed by atoms with van der Waals surface area (Å²) in [6.45, 7) is 6.96. The molecule has 0 radical (unpaired) electrons. The molecule has 1 aliphatic rings. The third-order valence-corrected chi connectivity index (χ3v) is 4.02. The van der Waals surface area contributed by atoms with Crippen molar-refractivity contribution in [1.29, 1.82) is 0 Å². The summed E-state index contributed by atoms with van der Waals surface area (Å²) in [5.41, 5.74) is 2.84. The number of rotatable bonds is 3. The summed E-state index contributed by atoms with van der Waals surface area (Å²) in [6.07, 6.45) is 1.18. The molecule has 20 heavy (non-hydrogen) atoms. The minimum absolute atomic E-state index is 0.0301. The minimum atomic E-state index is -0.154. The molecule has 0 aromatic heterocycles. The van der Waals surface area contributed by atoms with Gasteiger partial charge < -0.3 is 10.4 Å². The Morgan fingerprint density at radius 2 is 2.20 bits per heavy atom. The predicted molar refractivity (Wildman–Crippen MR) is 79.4 cm³/mol. The van der Waals surface area contributed by atoms with Gasteiger partial charge in [-0.2, -0.15) is 0 Å². The number of carbonyl (C=O) groups is 1. The molecule has 106 valence electrons. The molecule has 0 saturated heterocycles. The lowest BCUT2D eigenvalue weighted by Gasteiger charge is -2.08. The maximum Gasteiger partial charge on any atom is 0.251 e. The van der Waals surface area contributed by atoms with Gasteiger partial charge in [0.25, 0.3) is 5.91 Å². The Morgan fingerprint density at radius 1 is 1.50 bits per heavy atom.